The SMILES string of the molecule is COc1ccc2[nH]c(=O)c([C@H](c3nnnn3C[C@H]3CCCO3)N(Cc3cccnc3)Cc3ccco3)cc2c1. The number of tetrazole rings is 1. The minimum Gasteiger partial charge on any atom is -0.497 e. The highest BCUT2D eigenvalue weighted by molar-refractivity contribution is 5.80. The summed E-state index contributed by atoms with van der Waals surface area (Å²) < 4.78 is 18.8. The van der Waals surface area contributed by atoms with Crippen LogP contribution in [0.2, 0.25) is 0 Å². The quantitative estimate of drug-likeness (QED) is 0.291. The average Bonchev–Trinajstić information content (AvgIpc) is 3.75. The molecule has 1 fully saturated rings. The van der Waals surface area contributed by atoms with E-state index in [2.05, 4.69) is 30.4 Å². The molecule has 11 nitrogen and oxygen atoms in total. The number of H-pyrrole nitrogens is 1. The molecule has 4 aromatic heterocycles. The number of furan rings is 1. The molecule has 2 atom stereocenters. The van der Waals surface area contributed by atoms with Gasteiger partial charge >= 0.3 is 0 Å². The van der Waals surface area contributed by atoms with Gasteiger partial charge in [0, 0.05) is 42.0 Å². The molecule has 0 unspecified atom stereocenters. The number of hydrogen-bond acceptors (Lipinski definition) is 9. The highest BCUT2D eigenvalue weighted by Gasteiger charge is 2.32. The van der Waals surface area contributed by atoms with Crippen molar-refractivity contribution in [2.75, 3.05) is 13.7 Å². The largest absolute Gasteiger partial charge is 0.497 e. The Kier molecular flexibility index (Phi) is 7.15. The van der Waals surface area contributed by atoms with Crippen LogP contribution in [0.25, 0.3) is 10.9 Å². The molecule has 39 heavy (non-hydrogen) atoms. The van der Waals surface area contributed by atoms with Gasteiger partial charge in [0.1, 0.15) is 17.6 Å². The van der Waals surface area contributed by atoms with Crippen molar-refractivity contribution in [2.24, 2.45) is 0 Å². The van der Waals surface area contributed by atoms with E-state index in [-0.39, 0.29) is 11.7 Å². The summed E-state index contributed by atoms with van der Waals surface area (Å²) >= 11 is 0. The standard InChI is InChI=1S/C28H29N7O4/c1-37-21-8-9-25-20(13-21)14-24(28(36)30-25)26(27-31-32-33-35(27)18-23-7-4-12-39-23)34(17-22-6-3-11-38-22)16-19-5-2-10-29-15-19/h2-3,5-6,8-11,13-15,23,26H,4,7,12,16-18H2,1H3,(H,30,36)/t23-,26-/m1/s1. The number of ether oxygens (including phenoxy) is 2. The number of aromatic nitrogens is 6. The van der Waals surface area contributed by atoms with Crippen molar-refractivity contribution in [1.82, 2.24) is 35.1 Å². The Hall–Kier alpha value is -4.35. The number of nitrogens with zero attached hydrogens (tertiary/aromatic N) is 6. The van der Waals surface area contributed by atoms with E-state index in [1.807, 2.05) is 54.7 Å². The molecule has 11 heteroatoms. The molecule has 0 bridgehead atoms. The summed E-state index contributed by atoms with van der Waals surface area (Å²) in [4.78, 5) is 23.2. The molecule has 5 aromatic rings. The summed E-state index contributed by atoms with van der Waals surface area (Å²) in [6.45, 7) is 2.11. The van der Waals surface area contributed by atoms with Gasteiger partial charge < -0.3 is 18.9 Å². The van der Waals surface area contributed by atoms with Crippen LogP contribution in [0.4, 0.5) is 0 Å². The molecular formula is C28H29N7O4. The maximum absolute atomic E-state index is 13.7. The van der Waals surface area contributed by atoms with E-state index >= 15 is 0 Å². The number of hydrogen-bond donors (Lipinski definition) is 1. The molecule has 6 rings (SSSR count). The predicted octanol–water partition coefficient (Wildman–Crippen LogP) is 3.48. The fourth-order valence-electron chi connectivity index (χ4n) is 5.12. The van der Waals surface area contributed by atoms with E-state index < -0.39 is 6.04 Å². The lowest BCUT2D eigenvalue weighted by atomic mass is 10.0. The van der Waals surface area contributed by atoms with Crippen LogP contribution >= 0.6 is 0 Å². The van der Waals surface area contributed by atoms with Gasteiger partial charge in [0.05, 0.1) is 32.6 Å². The zero-order valence-electron chi connectivity index (χ0n) is 21.6. The van der Waals surface area contributed by atoms with Gasteiger partial charge in [-0.05, 0) is 71.3 Å². The molecule has 1 aliphatic heterocycles. The minimum absolute atomic E-state index is 0.0175. The Morgan fingerprint density at radius 3 is 2.92 bits per heavy atom. The number of pyridine rings is 2. The first-order valence-corrected chi connectivity index (χ1v) is 12.9. The summed E-state index contributed by atoms with van der Waals surface area (Å²) in [5.74, 6) is 2.00. The van der Waals surface area contributed by atoms with Crippen molar-refractivity contribution in [3.8, 4) is 5.75 Å². The molecule has 0 spiro atoms. The number of aromatic amines is 1. The second-order valence-electron chi connectivity index (χ2n) is 9.61. The first-order chi connectivity index (χ1) is 19.2. The first-order valence-electron chi connectivity index (χ1n) is 12.9. The van der Waals surface area contributed by atoms with Gasteiger partial charge in [0.25, 0.3) is 5.56 Å². The second kappa shape index (κ2) is 11.2. The summed E-state index contributed by atoms with van der Waals surface area (Å²) in [5.41, 5.74) is 1.98. The maximum Gasteiger partial charge on any atom is 0.253 e. The van der Waals surface area contributed by atoms with Crippen LogP contribution in [0.1, 0.15) is 41.6 Å². The number of benzene rings is 1. The molecule has 5 heterocycles. The van der Waals surface area contributed by atoms with Crippen LogP contribution in [0.15, 0.2) is 76.4 Å². The van der Waals surface area contributed by atoms with Crippen LogP contribution < -0.4 is 10.3 Å². The summed E-state index contributed by atoms with van der Waals surface area (Å²) in [6.07, 6.45) is 7.15. The van der Waals surface area contributed by atoms with Gasteiger partial charge in [-0.15, -0.1) is 5.10 Å². The van der Waals surface area contributed by atoms with Gasteiger partial charge in [-0.2, -0.15) is 0 Å². The normalized spacial score (nSPS) is 16.2. The highest BCUT2D eigenvalue weighted by Crippen LogP contribution is 2.31. The lowest BCUT2D eigenvalue weighted by Gasteiger charge is -2.30. The van der Waals surface area contributed by atoms with Gasteiger partial charge in [-0.25, -0.2) is 4.68 Å². The molecule has 1 N–H and O–H groups in total. The molecule has 1 saturated heterocycles. The number of methoxy groups -OCH3 is 1. The van der Waals surface area contributed by atoms with Crippen molar-refractivity contribution in [1.29, 1.82) is 0 Å². The first kappa shape index (κ1) is 25.0. The van der Waals surface area contributed by atoms with Crippen molar-refractivity contribution in [3.05, 3.63) is 100 Å². The molecular weight excluding hydrogens is 498 g/mol. The Morgan fingerprint density at radius 1 is 1.21 bits per heavy atom. The summed E-state index contributed by atoms with van der Waals surface area (Å²) in [6, 6.07) is 14.5. The van der Waals surface area contributed by atoms with E-state index in [1.54, 1.807) is 24.3 Å². The third kappa shape index (κ3) is 5.45. The number of rotatable bonds is 10. The van der Waals surface area contributed by atoms with E-state index in [0.29, 0.717) is 42.3 Å². The van der Waals surface area contributed by atoms with E-state index in [4.69, 9.17) is 13.9 Å². The van der Waals surface area contributed by atoms with E-state index in [9.17, 15) is 4.79 Å². The summed E-state index contributed by atoms with van der Waals surface area (Å²) in [7, 11) is 1.62. The Labute approximate surface area is 224 Å². The third-order valence-corrected chi connectivity index (χ3v) is 6.99. The van der Waals surface area contributed by atoms with Crippen LogP contribution in [-0.4, -0.2) is 54.9 Å². The summed E-state index contributed by atoms with van der Waals surface area (Å²) in [5, 5.41) is 13.6. The van der Waals surface area contributed by atoms with Crippen molar-refractivity contribution < 1.29 is 13.9 Å². The van der Waals surface area contributed by atoms with Crippen LogP contribution in [0.3, 0.4) is 0 Å². The molecule has 0 saturated carbocycles. The van der Waals surface area contributed by atoms with E-state index in [0.717, 1.165) is 36.2 Å². The Balaban J connectivity index is 1.50. The fraction of sp³-hybridized carbons (Fsp3) is 0.321. The Bertz CT molecular complexity index is 1580. The van der Waals surface area contributed by atoms with Crippen molar-refractivity contribution in [3.63, 3.8) is 0 Å². The molecule has 1 aromatic carbocycles. The highest BCUT2D eigenvalue weighted by atomic mass is 16.5. The zero-order chi connectivity index (χ0) is 26.6. The zero-order valence-corrected chi connectivity index (χ0v) is 21.6. The second-order valence-corrected chi connectivity index (χ2v) is 9.61. The van der Waals surface area contributed by atoms with E-state index in [1.165, 1.54) is 0 Å². The van der Waals surface area contributed by atoms with Gasteiger partial charge in [-0.3, -0.25) is 14.7 Å². The molecule has 200 valence electrons. The fourth-order valence-corrected chi connectivity index (χ4v) is 5.12. The van der Waals surface area contributed by atoms with Gasteiger partial charge in [-0.1, -0.05) is 6.07 Å². The Morgan fingerprint density at radius 2 is 2.15 bits per heavy atom. The smallest absolute Gasteiger partial charge is 0.253 e. The number of nitrogens with one attached hydrogen (secondary N) is 1. The lowest BCUT2D eigenvalue weighted by Crippen LogP contribution is -2.35. The van der Waals surface area contributed by atoms with Crippen LogP contribution in [0.5, 0.6) is 5.75 Å². The predicted molar refractivity (Wildman–Crippen MR) is 142 cm³/mol. The van der Waals surface area contributed by atoms with Crippen molar-refractivity contribution in [2.45, 2.75) is 44.6 Å². The monoisotopic (exact) mass is 527 g/mol. The molecule has 1 aliphatic rings. The number of fused-ring (bicyclic) bond motifs is 1. The van der Waals surface area contributed by atoms with Gasteiger partial charge in [0.2, 0.25) is 0 Å². The van der Waals surface area contributed by atoms with Crippen LogP contribution in [0, 0.1) is 0 Å². The molecule has 0 aliphatic carbocycles. The average molecular weight is 528 g/mol. The minimum atomic E-state index is -0.605. The molecule has 0 radical (unpaired) electrons. The third-order valence-electron chi connectivity index (χ3n) is 6.99. The lowest BCUT2D eigenvalue weighted by molar-refractivity contribution is 0.0901. The van der Waals surface area contributed by atoms with Crippen molar-refractivity contribution >= 4 is 10.9 Å². The van der Waals surface area contributed by atoms with Gasteiger partial charge in [0.15, 0.2) is 5.82 Å². The van der Waals surface area contributed by atoms with Crippen LogP contribution in [-0.2, 0) is 24.4 Å². The molecule has 0 amide bonds. The maximum atomic E-state index is 13.7. The topological polar surface area (TPSA) is 124 Å².